The molecule has 3 aliphatic rings. The van der Waals surface area contributed by atoms with Gasteiger partial charge in [0.1, 0.15) is 4.32 Å². The van der Waals surface area contributed by atoms with E-state index in [1.54, 1.807) is 16.7 Å². The highest BCUT2D eigenvalue weighted by Crippen LogP contribution is 2.36. The number of aliphatic imine (C=N–C) groups is 1. The fraction of sp³-hybridized carbons (Fsp3) is 0.400. The molecule has 0 aromatic heterocycles. The zero-order valence-corrected chi connectivity index (χ0v) is 18.7. The highest BCUT2D eigenvalue weighted by molar-refractivity contribution is 8.26. The van der Waals surface area contributed by atoms with E-state index in [0.29, 0.717) is 33.7 Å². The van der Waals surface area contributed by atoms with Gasteiger partial charge in [0.05, 0.1) is 11.4 Å². The van der Waals surface area contributed by atoms with Gasteiger partial charge in [-0.2, -0.15) is 0 Å². The molecule has 0 spiro atoms. The van der Waals surface area contributed by atoms with E-state index in [2.05, 4.69) is 10.3 Å². The Morgan fingerprint density at radius 3 is 2.97 bits per heavy atom. The van der Waals surface area contributed by atoms with Crippen LogP contribution in [0.3, 0.4) is 0 Å². The summed E-state index contributed by atoms with van der Waals surface area (Å²) in [4.78, 5) is 31.1. The summed E-state index contributed by atoms with van der Waals surface area (Å²) in [5.74, 6) is 2.25. The number of rotatable bonds is 7. The van der Waals surface area contributed by atoms with Gasteiger partial charge in [-0.1, -0.05) is 48.2 Å². The van der Waals surface area contributed by atoms with Crippen molar-refractivity contribution in [3.05, 3.63) is 28.7 Å². The maximum Gasteiger partial charge on any atom is 0.266 e. The molecular weight excluding hydrogens is 442 g/mol. The largest absolute Gasteiger partial charge is 0.454 e. The normalized spacial score (nSPS) is 19.0. The summed E-state index contributed by atoms with van der Waals surface area (Å²) in [7, 11) is 0. The number of nitrogens with one attached hydrogen (secondary N) is 1. The van der Waals surface area contributed by atoms with Crippen LogP contribution in [0.15, 0.2) is 28.1 Å². The minimum atomic E-state index is -0.0725. The van der Waals surface area contributed by atoms with Crippen molar-refractivity contribution in [3.63, 3.8) is 0 Å². The molecule has 158 valence electrons. The number of thioether (sulfide) groups is 2. The lowest BCUT2D eigenvalue weighted by Gasteiger charge is -2.14. The van der Waals surface area contributed by atoms with Crippen molar-refractivity contribution in [1.29, 1.82) is 0 Å². The van der Waals surface area contributed by atoms with Gasteiger partial charge in [-0.15, -0.1) is 0 Å². The number of carbonyl (C=O) groups excluding carboxylic acids is 2. The van der Waals surface area contributed by atoms with Crippen molar-refractivity contribution in [2.75, 3.05) is 25.6 Å². The smallest absolute Gasteiger partial charge is 0.266 e. The zero-order chi connectivity index (χ0) is 20.9. The number of carbonyl (C=O) groups is 2. The fourth-order valence-electron chi connectivity index (χ4n) is 3.17. The van der Waals surface area contributed by atoms with Crippen LogP contribution in [0.4, 0.5) is 0 Å². The molecular formula is C20H21N3O4S3. The molecule has 7 nitrogen and oxygen atoms in total. The predicted molar refractivity (Wildman–Crippen MR) is 124 cm³/mol. The van der Waals surface area contributed by atoms with Crippen LogP contribution in [0.5, 0.6) is 11.5 Å². The van der Waals surface area contributed by atoms with Crippen LogP contribution in [0, 0.1) is 0 Å². The first-order valence-electron chi connectivity index (χ1n) is 9.72. The molecule has 2 amide bonds. The van der Waals surface area contributed by atoms with Gasteiger partial charge >= 0.3 is 0 Å². The maximum atomic E-state index is 12.7. The Balaban J connectivity index is 1.23. The number of unbranched alkanes of at least 4 members (excludes halogenated alkanes) is 2. The standard InChI is InChI=1S/C20H21N3O4S3/c24-17(22-19-21-7-9-29-19)4-2-1-3-8-23-18(25)16(30-20(23)28)11-13-5-6-14-15(10-13)27-12-26-14/h5-6,10-11H,1-4,7-9,12H2,(H,21,22,24)/b16-11-. The first-order valence-corrected chi connectivity index (χ1v) is 11.9. The second kappa shape index (κ2) is 9.84. The van der Waals surface area contributed by atoms with Crippen molar-refractivity contribution in [3.8, 4) is 11.5 Å². The third-order valence-corrected chi connectivity index (χ3v) is 6.95. The summed E-state index contributed by atoms with van der Waals surface area (Å²) in [5.41, 5.74) is 0.871. The van der Waals surface area contributed by atoms with E-state index < -0.39 is 0 Å². The van der Waals surface area contributed by atoms with E-state index in [0.717, 1.165) is 42.3 Å². The van der Waals surface area contributed by atoms with Gasteiger partial charge in [-0.25, -0.2) is 0 Å². The van der Waals surface area contributed by atoms with E-state index in [9.17, 15) is 9.59 Å². The Hall–Kier alpha value is -2.04. The Bertz CT molecular complexity index is 932. The SMILES string of the molecule is O=C(CCCCCN1C(=O)/C(=C/c2ccc3c(c2)OCO3)SC1=S)NC1=NCCS1. The van der Waals surface area contributed by atoms with Gasteiger partial charge in [-0.3, -0.25) is 19.5 Å². The van der Waals surface area contributed by atoms with Crippen LogP contribution in [0.2, 0.25) is 0 Å². The Morgan fingerprint density at radius 2 is 2.13 bits per heavy atom. The Kier molecular flexibility index (Phi) is 6.96. The van der Waals surface area contributed by atoms with Crippen LogP contribution < -0.4 is 14.8 Å². The summed E-state index contributed by atoms with van der Waals surface area (Å²) < 4.78 is 11.3. The number of thiocarbonyl (C=S) groups is 1. The number of ether oxygens (including phenoxy) is 2. The summed E-state index contributed by atoms with van der Waals surface area (Å²) in [6.07, 6.45) is 4.71. The number of hydrogen-bond donors (Lipinski definition) is 1. The van der Waals surface area contributed by atoms with Crippen molar-refractivity contribution in [2.24, 2.45) is 4.99 Å². The fourth-order valence-corrected chi connectivity index (χ4v) is 5.22. The summed E-state index contributed by atoms with van der Waals surface area (Å²) >= 11 is 8.28. The molecule has 0 unspecified atom stereocenters. The highest BCUT2D eigenvalue weighted by atomic mass is 32.2. The quantitative estimate of drug-likeness (QED) is 0.377. The zero-order valence-electron chi connectivity index (χ0n) is 16.2. The van der Waals surface area contributed by atoms with Crippen LogP contribution in [-0.2, 0) is 9.59 Å². The highest BCUT2D eigenvalue weighted by Gasteiger charge is 2.31. The third-order valence-electron chi connectivity index (χ3n) is 4.69. The number of amidine groups is 1. The van der Waals surface area contributed by atoms with Gasteiger partial charge in [0.2, 0.25) is 12.7 Å². The molecule has 0 bridgehead atoms. The van der Waals surface area contributed by atoms with Crippen LogP contribution in [0.1, 0.15) is 31.2 Å². The molecule has 30 heavy (non-hydrogen) atoms. The first kappa shape index (κ1) is 21.2. The molecule has 0 atom stereocenters. The number of nitrogens with zero attached hydrogens (tertiary/aromatic N) is 2. The lowest BCUT2D eigenvalue weighted by atomic mass is 10.1. The molecule has 1 aromatic carbocycles. The minimum Gasteiger partial charge on any atom is -0.454 e. The molecule has 0 saturated carbocycles. The van der Waals surface area contributed by atoms with Crippen molar-refractivity contribution in [1.82, 2.24) is 10.2 Å². The Labute approximate surface area is 188 Å². The van der Waals surface area contributed by atoms with Gasteiger partial charge in [0, 0.05) is 18.7 Å². The molecule has 1 N–H and O–H groups in total. The van der Waals surface area contributed by atoms with Crippen LogP contribution in [-0.4, -0.2) is 51.8 Å². The van der Waals surface area contributed by atoms with Crippen LogP contribution in [0.25, 0.3) is 6.08 Å². The predicted octanol–water partition coefficient (Wildman–Crippen LogP) is 3.40. The monoisotopic (exact) mass is 463 g/mol. The second-order valence-electron chi connectivity index (χ2n) is 6.84. The Morgan fingerprint density at radius 1 is 1.27 bits per heavy atom. The molecule has 0 aliphatic carbocycles. The lowest BCUT2D eigenvalue weighted by molar-refractivity contribution is -0.122. The van der Waals surface area contributed by atoms with E-state index in [4.69, 9.17) is 21.7 Å². The average molecular weight is 464 g/mol. The average Bonchev–Trinajstić information content (AvgIpc) is 3.45. The molecule has 1 saturated heterocycles. The van der Waals surface area contributed by atoms with Gasteiger partial charge in [-0.05, 0) is 36.6 Å². The van der Waals surface area contributed by atoms with Crippen LogP contribution >= 0.6 is 35.7 Å². The third kappa shape index (κ3) is 5.16. The number of hydrogen-bond acceptors (Lipinski definition) is 8. The number of amides is 2. The maximum absolute atomic E-state index is 12.7. The lowest BCUT2D eigenvalue weighted by Crippen LogP contribution is -2.29. The van der Waals surface area contributed by atoms with Crippen molar-refractivity contribution >= 4 is 63.1 Å². The molecule has 3 aliphatic heterocycles. The molecule has 4 rings (SSSR count). The van der Waals surface area contributed by atoms with E-state index in [-0.39, 0.29) is 18.6 Å². The van der Waals surface area contributed by atoms with E-state index in [1.165, 1.54) is 11.8 Å². The van der Waals surface area contributed by atoms with Gasteiger partial charge in [0.15, 0.2) is 16.7 Å². The second-order valence-corrected chi connectivity index (χ2v) is 9.60. The van der Waals surface area contributed by atoms with Crippen molar-refractivity contribution in [2.45, 2.75) is 25.7 Å². The van der Waals surface area contributed by atoms with Gasteiger partial charge < -0.3 is 14.8 Å². The summed E-state index contributed by atoms with van der Waals surface area (Å²) in [6.45, 7) is 1.55. The first-order chi connectivity index (χ1) is 14.6. The minimum absolute atomic E-state index is 0.000390. The number of benzene rings is 1. The molecule has 0 radical (unpaired) electrons. The van der Waals surface area contributed by atoms with Crippen molar-refractivity contribution < 1.29 is 19.1 Å². The topological polar surface area (TPSA) is 80.2 Å². The summed E-state index contributed by atoms with van der Waals surface area (Å²) in [5, 5.41) is 3.56. The van der Waals surface area contributed by atoms with Gasteiger partial charge in [0.25, 0.3) is 5.91 Å². The molecule has 1 fully saturated rings. The molecule has 1 aromatic rings. The summed E-state index contributed by atoms with van der Waals surface area (Å²) in [6, 6.07) is 5.58. The van der Waals surface area contributed by atoms with E-state index >= 15 is 0 Å². The molecule has 3 heterocycles. The van der Waals surface area contributed by atoms with E-state index in [1.807, 2.05) is 24.3 Å². The molecule has 10 heteroatoms. The number of fused-ring (bicyclic) bond motifs is 1.